The van der Waals surface area contributed by atoms with Crippen LogP contribution < -0.4 is 5.32 Å². The second-order valence-electron chi connectivity index (χ2n) is 5.98. The maximum absolute atomic E-state index is 3.53. The van der Waals surface area contributed by atoms with E-state index in [1.54, 1.807) is 0 Å². The van der Waals surface area contributed by atoms with Crippen LogP contribution in [0.25, 0.3) is 0 Å². The van der Waals surface area contributed by atoms with Crippen LogP contribution in [0.15, 0.2) is 0 Å². The second kappa shape index (κ2) is 3.49. The monoisotopic (exact) mass is 196 g/mol. The average Bonchev–Trinajstić information content (AvgIpc) is 2.57. The van der Waals surface area contributed by atoms with Gasteiger partial charge in [-0.25, -0.2) is 0 Å². The first-order chi connectivity index (χ1) is 6.51. The van der Waals surface area contributed by atoms with Crippen LogP contribution in [0, 0.1) is 17.8 Å². The number of rotatable bonds is 2. The molecule has 0 radical (unpaired) electrons. The van der Waals surface area contributed by atoms with Crippen LogP contribution in [-0.4, -0.2) is 36.6 Å². The van der Waals surface area contributed by atoms with Crippen molar-refractivity contribution in [3.05, 3.63) is 0 Å². The maximum atomic E-state index is 3.53. The normalized spacial score (nSPS) is 36.6. The Morgan fingerprint density at radius 1 is 1.36 bits per heavy atom. The summed E-state index contributed by atoms with van der Waals surface area (Å²) in [5.74, 6) is 2.58. The highest BCUT2D eigenvalue weighted by molar-refractivity contribution is 5.04. The third-order valence-corrected chi connectivity index (χ3v) is 4.10. The second-order valence-corrected chi connectivity index (χ2v) is 5.98. The third-order valence-electron chi connectivity index (χ3n) is 4.10. The van der Waals surface area contributed by atoms with Crippen molar-refractivity contribution in [2.45, 2.75) is 33.2 Å². The van der Waals surface area contributed by atoms with E-state index in [1.807, 2.05) is 0 Å². The molecule has 2 aliphatic rings. The first kappa shape index (κ1) is 10.4. The lowest BCUT2D eigenvalue weighted by molar-refractivity contribution is 0.125. The molecular formula is C12H24N2. The summed E-state index contributed by atoms with van der Waals surface area (Å²) in [5, 5.41) is 3.53. The molecule has 0 amide bonds. The number of fused-ring (bicyclic) bond motifs is 1. The van der Waals surface area contributed by atoms with Gasteiger partial charge in [0.2, 0.25) is 0 Å². The molecule has 0 bridgehead atoms. The SMILES string of the molecule is CC(C)CN1CC2CNCC2C1(C)C. The predicted octanol–water partition coefficient (Wildman–Crippen LogP) is 1.57. The lowest BCUT2D eigenvalue weighted by Crippen LogP contribution is -2.45. The minimum Gasteiger partial charge on any atom is -0.316 e. The van der Waals surface area contributed by atoms with Gasteiger partial charge in [-0.3, -0.25) is 4.90 Å². The van der Waals surface area contributed by atoms with Gasteiger partial charge in [0.15, 0.2) is 0 Å². The van der Waals surface area contributed by atoms with Crippen molar-refractivity contribution in [3.63, 3.8) is 0 Å². The Morgan fingerprint density at radius 2 is 2.07 bits per heavy atom. The minimum absolute atomic E-state index is 0.415. The summed E-state index contributed by atoms with van der Waals surface area (Å²) in [7, 11) is 0. The molecule has 2 saturated heterocycles. The zero-order valence-corrected chi connectivity index (χ0v) is 10.0. The van der Waals surface area contributed by atoms with E-state index in [0.29, 0.717) is 5.54 Å². The van der Waals surface area contributed by atoms with Crippen LogP contribution in [0.3, 0.4) is 0 Å². The number of hydrogen-bond acceptors (Lipinski definition) is 2. The lowest BCUT2D eigenvalue weighted by atomic mass is 9.84. The molecule has 2 aliphatic heterocycles. The van der Waals surface area contributed by atoms with E-state index in [2.05, 4.69) is 37.9 Å². The molecule has 14 heavy (non-hydrogen) atoms. The summed E-state index contributed by atoms with van der Waals surface area (Å²) in [6, 6.07) is 0. The highest BCUT2D eigenvalue weighted by Gasteiger charge is 2.49. The quantitative estimate of drug-likeness (QED) is 0.721. The number of nitrogens with zero attached hydrogens (tertiary/aromatic N) is 1. The van der Waals surface area contributed by atoms with Crippen LogP contribution in [0.5, 0.6) is 0 Å². The number of nitrogens with one attached hydrogen (secondary N) is 1. The summed E-state index contributed by atoms with van der Waals surface area (Å²) < 4.78 is 0. The van der Waals surface area contributed by atoms with E-state index in [9.17, 15) is 0 Å². The largest absolute Gasteiger partial charge is 0.316 e. The Labute approximate surface area is 88.1 Å². The minimum atomic E-state index is 0.415. The van der Waals surface area contributed by atoms with Crippen molar-refractivity contribution in [1.82, 2.24) is 10.2 Å². The molecule has 82 valence electrons. The molecule has 0 aromatic rings. The van der Waals surface area contributed by atoms with E-state index in [-0.39, 0.29) is 0 Å². The van der Waals surface area contributed by atoms with Gasteiger partial charge >= 0.3 is 0 Å². The molecule has 0 aromatic carbocycles. The number of hydrogen-bond donors (Lipinski definition) is 1. The van der Waals surface area contributed by atoms with Crippen molar-refractivity contribution in [2.24, 2.45) is 17.8 Å². The van der Waals surface area contributed by atoms with E-state index in [4.69, 9.17) is 0 Å². The van der Waals surface area contributed by atoms with Gasteiger partial charge in [-0.1, -0.05) is 13.8 Å². The molecule has 1 N–H and O–H groups in total. The summed E-state index contributed by atoms with van der Waals surface area (Å²) in [6.07, 6.45) is 0. The molecule has 2 unspecified atom stereocenters. The van der Waals surface area contributed by atoms with Crippen LogP contribution in [0.2, 0.25) is 0 Å². The Balaban J connectivity index is 2.07. The molecule has 0 aromatic heterocycles. The molecule has 2 heteroatoms. The van der Waals surface area contributed by atoms with Gasteiger partial charge in [-0.05, 0) is 38.1 Å². The zero-order chi connectivity index (χ0) is 10.3. The summed E-state index contributed by atoms with van der Waals surface area (Å²) in [5.41, 5.74) is 0.415. The van der Waals surface area contributed by atoms with Gasteiger partial charge in [0.1, 0.15) is 0 Å². The van der Waals surface area contributed by atoms with E-state index >= 15 is 0 Å². The summed E-state index contributed by atoms with van der Waals surface area (Å²) in [6.45, 7) is 14.5. The summed E-state index contributed by atoms with van der Waals surface area (Å²) >= 11 is 0. The van der Waals surface area contributed by atoms with Crippen LogP contribution in [0.1, 0.15) is 27.7 Å². The zero-order valence-electron chi connectivity index (χ0n) is 10.0. The topological polar surface area (TPSA) is 15.3 Å². The molecule has 0 aliphatic carbocycles. The standard InChI is InChI=1S/C12H24N2/c1-9(2)7-14-8-10-5-13-6-11(10)12(14,3)4/h9-11,13H,5-8H2,1-4H3. The van der Waals surface area contributed by atoms with Crippen molar-refractivity contribution in [2.75, 3.05) is 26.2 Å². The molecular weight excluding hydrogens is 172 g/mol. The molecule has 2 fully saturated rings. The van der Waals surface area contributed by atoms with Crippen molar-refractivity contribution in [3.8, 4) is 0 Å². The Morgan fingerprint density at radius 3 is 2.64 bits per heavy atom. The van der Waals surface area contributed by atoms with Crippen molar-refractivity contribution < 1.29 is 0 Å². The Hall–Kier alpha value is -0.0800. The molecule has 2 nitrogen and oxygen atoms in total. The molecule has 2 heterocycles. The van der Waals surface area contributed by atoms with Crippen LogP contribution in [-0.2, 0) is 0 Å². The first-order valence-electron chi connectivity index (χ1n) is 5.97. The Bertz CT molecular complexity index is 210. The fraction of sp³-hybridized carbons (Fsp3) is 1.00. The smallest absolute Gasteiger partial charge is 0.0197 e. The van der Waals surface area contributed by atoms with Gasteiger partial charge in [-0.15, -0.1) is 0 Å². The fourth-order valence-corrected chi connectivity index (χ4v) is 3.25. The Kier molecular flexibility index (Phi) is 2.61. The van der Waals surface area contributed by atoms with Gasteiger partial charge in [-0.2, -0.15) is 0 Å². The molecule has 2 rings (SSSR count). The van der Waals surface area contributed by atoms with E-state index in [0.717, 1.165) is 17.8 Å². The number of likely N-dealkylation sites (tertiary alicyclic amines) is 1. The third kappa shape index (κ3) is 1.59. The van der Waals surface area contributed by atoms with E-state index in [1.165, 1.54) is 26.2 Å². The maximum Gasteiger partial charge on any atom is 0.0197 e. The first-order valence-corrected chi connectivity index (χ1v) is 5.97. The highest BCUT2D eigenvalue weighted by atomic mass is 15.2. The van der Waals surface area contributed by atoms with Gasteiger partial charge in [0.05, 0.1) is 0 Å². The molecule has 0 saturated carbocycles. The van der Waals surface area contributed by atoms with Crippen LogP contribution in [0.4, 0.5) is 0 Å². The predicted molar refractivity (Wildman–Crippen MR) is 60.3 cm³/mol. The van der Waals surface area contributed by atoms with Gasteiger partial charge in [0, 0.05) is 25.2 Å². The average molecular weight is 196 g/mol. The molecule has 2 atom stereocenters. The van der Waals surface area contributed by atoms with Gasteiger partial charge in [0.25, 0.3) is 0 Å². The van der Waals surface area contributed by atoms with E-state index < -0.39 is 0 Å². The van der Waals surface area contributed by atoms with Gasteiger partial charge < -0.3 is 5.32 Å². The van der Waals surface area contributed by atoms with Crippen molar-refractivity contribution >= 4 is 0 Å². The lowest BCUT2D eigenvalue weighted by Gasteiger charge is -2.36. The van der Waals surface area contributed by atoms with Crippen LogP contribution >= 0.6 is 0 Å². The highest BCUT2D eigenvalue weighted by Crippen LogP contribution is 2.40. The van der Waals surface area contributed by atoms with Crippen molar-refractivity contribution in [1.29, 1.82) is 0 Å². The molecule has 0 spiro atoms. The fourth-order valence-electron chi connectivity index (χ4n) is 3.25. The summed E-state index contributed by atoms with van der Waals surface area (Å²) in [4.78, 5) is 2.70.